The van der Waals surface area contributed by atoms with Gasteiger partial charge in [0, 0.05) is 19.6 Å². The molecule has 3 rings (SSSR count). The quantitative estimate of drug-likeness (QED) is 0.877. The van der Waals surface area contributed by atoms with E-state index in [1.807, 2.05) is 0 Å². The lowest BCUT2D eigenvalue weighted by Crippen LogP contribution is -2.37. The zero-order valence-electron chi connectivity index (χ0n) is 12.8. The number of rotatable bonds is 4. The number of benzene rings is 1. The van der Waals surface area contributed by atoms with Gasteiger partial charge in [0.05, 0.1) is 6.54 Å². The van der Waals surface area contributed by atoms with Crippen LogP contribution in [0.25, 0.3) is 0 Å². The highest BCUT2D eigenvalue weighted by atomic mass is 16.2. The van der Waals surface area contributed by atoms with E-state index in [0.717, 1.165) is 31.7 Å². The minimum absolute atomic E-state index is 0.138. The Hall–Kier alpha value is -1.39. The second-order valence-corrected chi connectivity index (χ2v) is 6.65. The van der Waals surface area contributed by atoms with Crippen molar-refractivity contribution in [2.75, 3.05) is 32.7 Å². The maximum absolute atomic E-state index is 12.1. The molecule has 2 N–H and O–H groups in total. The lowest BCUT2D eigenvalue weighted by molar-refractivity contribution is -0.122. The second kappa shape index (κ2) is 6.16. The Morgan fingerprint density at radius 3 is 2.86 bits per heavy atom. The number of carbonyl (C=O) groups excluding carboxylic acids is 1. The second-order valence-electron chi connectivity index (χ2n) is 6.65. The molecule has 21 heavy (non-hydrogen) atoms. The summed E-state index contributed by atoms with van der Waals surface area (Å²) in [6, 6.07) is 8.31. The summed E-state index contributed by atoms with van der Waals surface area (Å²) < 4.78 is 0. The summed E-state index contributed by atoms with van der Waals surface area (Å²) in [5.41, 5.74) is 2.85. The summed E-state index contributed by atoms with van der Waals surface area (Å²) in [6.07, 6.45) is 2.49. The third kappa shape index (κ3) is 3.63. The molecule has 0 aliphatic carbocycles. The summed E-state index contributed by atoms with van der Waals surface area (Å²) in [5.74, 6) is 0.138. The van der Waals surface area contributed by atoms with Crippen LogP contribution in [0.4, 0.5) is 0 Å². The zero-order chi connectivity index (χ0) is 14.7. The number of hydrogen-bond acceptors (Lipinski definition) is 3. The monoisotopic (exact) mass is 287 g/mol. The van der Waals surface area contributed by atoms with E-state index in [9.17, 15) is 4.79 Å². The molecule has 0 radical (unpaired) electrons. The number of likely N-dealkylation sites (tertiary alicyclic amines) is 1. The Morgan fingerprint density at radius 2 is 2.14 bits per heavy atom. The molecule has 2 heterocycles. The first kappa shape index (κ1) is 14.5. The fourth-order valence-corrected chi connectivity index (χ4v) is 3.47. The van der Waals surface area contributed by atoms with Crippen LogP contribution in [-0.2, 0) is 11.3 Å². The van der Waals surface area contributed by atoms with Crippen LogP contribution in [0, 0.1) is 12.3 Å². The van der Waals surface area contributed by atoms with Gasteiger partial charge in [-0.1, -0.05) is 29.8 Å². The zero-order valence-corrected chi connectivity index (χ0v) is 12.8. The molecule has 4 nitrogen and oxygen atoms in total. The van der Waals surface area contributed by atoms with Crippen molar-refractivity contribution in [2.45, 2.75) is 26.3 Å². The molecule has 1 aromatic carbocycles. The summed E-state index contributed by atoms with van der Waals surface area (Å²) in [7, 11) is 0. The molecule has 114 valence electrons. The first-order chi connectivity index (χ1) is 10.2. The van der Waals surface area contributed by atoms with Crippen molar-refractivity contribution in [3.05, 3.63) is 35.4 Å². The van der Waals surface area contributed by atoms with Crippen LogP contribution in [-0.4, -0.2) is 43.5 Å². The van der Waals surface area contributed by atoms with Crippen LogP contribution >= 0.6 is 0 Å². The van der Waals surface area contributed by atoms with Gasteiger partial charge >= 0.3 is 0 Å². The molecule has 0 aromatic heterocycles. The van der Waals surface area contributed by atoms with Gasteiger partial charge in [0.15, 0.2) is 0 Å². The molecule has 1 unspecified atom stereocenters. The van der Waals surface area contributed by atoms with E-state index >= 15 is 0 Å². The minimum Gasteiger partial charge on any atom is -0.351 e. The summed E-state index contributed by atoms with van der Waals surface area (Å²) in [6.45, 7) is 7.61. The SMILES string of the molecule is Cc1ccc(CNC(=O)CN2CCC3(CCNC3)C2)cc1. The number of hydrogen-bond donors (Lipinski definition) is 2. The van der Waals surface area contributed by atoms with E-state index in [1.165, 1.54) is 18.4 Å². The summed E-state index contributed by atoms with van der Waals surface area (Å²) in [4.78, 5) is 14.4. The smallest absolute Gasteiger partial charge is 0.234 e. The van der Waals surface area contributed by atoms with Crippen LogP contribution in [0.2, 0.25) is 0 Å². The Balaban J connectivity index is 1.43. The third-order valence-electron chi connectivity index (χ3n) is 4.83. The summed E-state index contributed by atoms with van der Waals surface area (Å²) >= 11 is 0. The van der Waals surface area contributed by atoms with Gasteiger partial charge in [-0.3, -0.25) is 9.69 Å². The molecule has 2 aliphatic heterocycles. The topological polar surface area (TPSA) is 44.4 Å². The number of aryl methyl sites for hydroxylation is 1. The molecule has 1 spiro atoms. The molecule has 2 saturated heterocycles. The highest BCUT2D eigenvalue weighted by Crippen LogP contribution is 2.35. The Kier molecular flexibility index (Phi) is 4.27. The van der Waals surface area contributed by atoms with E-state index in [1.54, 1.807) is 0 Å². The third-order valence-corrected chi connectivity index (χ3v) is 4.83. The largest absolute Gasteiger partial charge is 0.351 e. The van der Waals surface area contributed by atoms with E-state index in [-0.39, 0.29) is 5.91 Å². The van der Waals surface area contributed by atoms with E-state index < -0.39 is 0 Å². The maximum Gasteiger partial charge on any atom is 0.234 e. The van der Waals surface area contributed by atoms with Gasteiger partial charge < -0.3 is 10.6 Å². The Labute approximate surface area is 126 Å². The van der Waals surface area contributed by atoms with Crippen molar-refractivity contribution in [2.24, 2.45) is 5.41 Å². The van der Waals surface area contributed by atoms with Crippen LogP contribution in [0.5, 0.6) is 0 Å². The van der Waals surface area contributed by atoms with Crippen LogP contribution in [0.3, 0.4) is 0 Å². The van der Waals surface area contributed by atoms with Crippen LogP contribution < -0.4 is 10.6 Å². The highest BCUT2D eigenvalue weighted by molar-refractivity contribution is 5.78. The molecule has 0 saturated carbocycles. The molecular formula is C17H25N3O. The average molecular weight is 287 g/mol. The van der Waals surface area contributed by atoms with E-state index in [0.29, 0.717) is 18.5 Å². The predicted octanol–water partition coefficient (Wildman–Crippen LogP) is 1.30. The predicted molar refractivity (Wildman–Crippen MR) is 84.0 cm³/mol. The minimum atomic E-state index is 0.138. The lowest BCUT2D eigenvalue weighted by atomic mass is 9.87. The number of nitrogens with zero attached hydrogens (tertiary/aromatic N) is 1. The Bertz CT molecular complexity index is 491. The van der Waals surface area contributed by atoms with Gasteiger partial charge in [-0.15, -0.1) is 0 Å². The van der Waals surface area contributed by atoms with E-state index in [2.05, 4.69) is 46.7 Å². The molecule has 2 fully saturated rings. The van der Waals surface area contributed by atoms with Gasteiger partial charge in [-0.25, -0.2) is 0 Å². The normalized spacial score (nSPS) is 25.6. The standard InChI is InChI=1S/C17H25N3O/c1-14-2-4-15(5-3-14)10-19-16(21)11-20-9-7-17(13-20)6-8-18-12-17/h2-5,18H,6-13H2,1H3,(H,19,21). The number of nitrogens with one attached hydrogen (secondary N) is 2. The fraction of sp³-hybridized carbons (Fsp3) is 0.588. The molecular weight excluding hydrogens is 262 g/mol. The molecule has 0 bridgehead atoms. The molecule has 4 heteroatoms. The van der Waals surface area contributed by atoms with Crippen molar-refractivity contribution in [1.29, 1.82) is 0 Å². The molecule has 1 amide bonds. The lowest BCUT2D eigenvalue weighted by Gasteiger charge is -2.22. The van der Waals surface area contributed by atoms with Crippen molar-refractivity contribution in [1.82, 2.24) is 15.5 Å². The summed E-state index contributed by atoms with van der Waals surface area (Å²) in [5, 5.41) is 6.48. The van der Waals surface area contributed by atoms with Gasteiger partial charge in [0.2, 0.25) is 5.91 Å². The molecule has 1 aromatic rings. The average Bonchev–Trinajstić information content (AvgIpc) is 3.09. The van der Waals surface area contributed by atoms with Crippen LogP contribution in [0.15, 0.2) is 24.3 Å². The van der Waals surface area contributed by atoms with Gasteiger partial charge in [0.1, 0.15) is 0 Å². The first-order valence-electron chi connectivity index (χ1n) is 7.91. The van der Waals surface area contributed by atoms with Crippen molar-refractivity contribution < 1.29 is 4.79 Å². The van der Waals surface area contributed by atoms with Gasteiger partial charge in [-0.05, 0) is 43.8 Å². The molecule has 1 atom stereocenters. The van der Waals surface area contributed by atoms with Crippen molar-refractivity contribution in [3.63, 3.8) is 0 Å². The van der Waals surface area contributed by atoms with Gasteiger partial charge in [0.25, 0.3) is 0 Å². The highest BCUT2D eigenvalue weighted by Gasteiger charge is 2.40. The number of carbonyl (C=O) groups is 1. The van der Waals surface area contributed by atoms with Crippen LogP contribution in [0.1, 0.15) is 24.0 Å². The number of amides is 1. The fourth-order valence-electron chi connectivity index (χ4n) is 3.47. The van der Waals surface area contributed by atoms with Crippen molar-refractivity contribution in [3.8, 4) is 0 Å². The molecule has 2 aliphatic rings. The Morgan fingerprint density at radius 1 is 1.33 bits per heavy atom. The maximum atomic E-state index is 12.1. The van der Waals surface area contributed by atoms with Gasteiger partial charge in [-0.2, -0.15) is 0 Å². The first-order valence-corrected chi connectivity index (χ1v) is 7.91. The van der Waals surface area contributed by atoms with E-state index in [4.69, 9.17) is 0 Å². The van der Waals surface area contributed by atoms with Crippen molar-refractivity contribution >= 4 is 5.91 Å².